The number of rotatable bonds is 4. The Kier molecular flexibility index (Phi) is 5.83. The lowest BCUT2D eigenvalue weighted by atomic mass is 9.90. The molecule has 0 amide bonds. The molecule has 0 aliphatic carbocycles. The number of hydrogen-bond acceptors (Lipinski definition) is 3. The molecule has 26 heavy (non-hydrogen) atoms. The molecule has 0 aliphatic heterocycles. The van der Waals surface area contributed by atoms with E-state index in [2.05, 4.69) is 38.2 Å². The van der Waals surface area contributed by atoms with Gasteiger partial charge < -0.3 is 5.32 Å². The maximum Gasteiger partial charge on any atom is 0.187 e. The number of anilines is 2. The molecule has 2 aromatic carbocycles. The summed E-state index contributed by atoms with van der Waals surface area (Å²) in [5, 5.41) is 5.99. The molecule has 1 N–H and O–H groups in total. The Morgan fingerprint density at radius 1 is 0.962 bits per heavy atom. The van der Waals surface area contributed by atoms with E-state index in [9.17, 15) is 0 Å². The average molecular weight is 426 g/mol. The Morgan fingerprint density at radius 2 is 1.65 bits per heavy atom. The van der Waals surface area contributed by atoms with Crippen LogP contribution in [0.15, 0.2) is 42.5 Å². The number of aromatic nitrogens is 1. The Balaban J connectivity index is 1.91. The van der Waals surface area contributed by atoms with Crippen LogP contribution in [0.1, 0.15) is 36.9 Å². The smallest absolute Gasteiger partial charge is 0.187 e. The quantitative estimate of drug-likeness (QED) is 0.462. The summed E-state index contributed by atoms with van der Waals surface area (Å²) in [6, 6.07) is 13.4. The number of halogens is 3. The van der Waals surface area contributed by atoms with Crippen molar-refractivity contribution in [2.75, 3.05) is 5.32 Å². The van der Waals surface area contributed by atoms with Crippen molar-refractivity contribution in [3.8, 4) is 0 Å². The molecule has 0 aliphatic rings. The van der Waals surface area contributed by atoms with Crippen LogP contribution in [0.3, 0.4) is 0 Å². The molecule has 0 radical (unpaired) electrons. The Bertz CT molecular complexity index is 912. The van der Waals surface area contributed by atoms with Crippen LogP contribution in [-0.4, -0.2) is 4.98 Å². The fraction of sp³-hybridized carbons (Fsp3) is 0.250. The topological polar surface area (TPSA) is 24.9 Å². The van der Waals surface area contributed by atoms with Crippen LogP contribution in [0.4, 0.5) is 10.8 Å². The summed E-state index contributed by atoms with van der Waals surface area (Å²) in [6.45, 7) is 6.53. The van der Waals surface area contributed by atoms with Gasteiger partial charge in [0.2, 0.25) is 0 Å². The van der Waals surface area contributed by atoms with Gasteiger partial charge in [0.25, 0.3) is 0 Å². The minimum atomic E-state index is -0.0458. The van der Waals surface area contributed by atoms with Crippen molar-refractivity contribution in [3.05, 3.63) is 73.7 Å². The molecule has 1 heterocycles. The number of benzene rings is 2. The van der Waals surface area contributed by atoms with Gasteiger partial charge in [0.05, 0.1) is 15.7 Å². The highest BCUT2D eigenvalue weighted by atomic mass is 35.5. The van der Waals surface area contributed by atoms with E-state index < -0.39 is 0 Å². The lowest BCUT2D eigenvalue weighted by molar-refractivity contribution is 0.568. The fourth-order valence-electron chi connectivity index (χ4n) is 2.60. The van der Waals surface area contributed by atoms with Crippen molar-refractivity contribution in [1.82, 2.24) is 4.98 Å². The minimum absolute atomic E-state index is 0.0458. The minimum Gasteiger partial charge on any atom is -0.331 e. The number of hydrogen-bond donors (Lipinski definition) is 1. The van der Waals surface area contributed by atoms with E-state index >= 15 is 0 Å². The highest BCUT2D eigenvalue weighted by Crippen LogP contribution is 2.36. The summed E-state index contributed by atoms with van der Waals surface area (Å²) in [5.74, 6) is 0. The Labute approximate surface area is 173 Å². The standard InChI is InChI=1S/C20H19Cl3N2S/c1-20(2,3)18-17(10-12-4-6-13(21)7-5-12)26-19(25-18)24-14-8-9-15(22)16(23)11-14/h4-9,11H,10H2,1-3H3,(H,24,25). The van der Waals surface area contributed by atoms with Gasteiger partial charge in [-0.1, -0.05) is 67.7 Å². The van der Waals surface area contributed by atoms with E-state index in [4.69, 9.17) is 39.8 Å². The van der Waals surface area contributed by atoms with Gasteiger partial charge in [-0.05, 0) is 35.9 Å². The van der Waals surface area contributed by atoms with Gasteiger partial charge in [0.1, 0.15) is 0 Å². The first-order valence-electron chi connectivity index (χ1n) is 8.19. The summed E-state index contributed by atoms with van der Waals surface area (Å²) < 4.78 is 0. The molecule has 3 rings (SSSR count). The molecule has 0 bridgehead atoms. The zero-order chi connectivity index (χ0) is 18.9. The lowest BCUT2D eigenvalue weighted by Gasteiger charge is -2.17. The van der Waals surface area contributed by atoms with E-state index in [0.717, 1.165) is 28.0 Å². The van der Waals surface area contributed by atoms with E-state index in [1.54, 1.807) is 23.5 Å². The number of nitrogens with zero attached hydrogens (tertiary/aromatic N) is 1. The second kappa shape index (κ2) is 7.77. The molecule has 136 valence electrons. The molecular formula is C20H19Cl3N2S. The molecule has 0 spiro atoms. The predicted octanol–water partition coefficient (Wildman–Crippen LogP) is 7.74. The van der Waals surface area contributed by atoms with Gasteiger partial charge in [-0.15, -0.1) is 11.3 Å². The van der Waals surface area contributed by atoms with Gasteiger partial charge in [0.15, 0.2) is 5.13 Å². The van der Waals surface area contributed by atoms with E-state index in [1.807, 2.05) is 18.2 Å². The van der Waals surface area contributed by atoms with Gasteiger partial charge in [-0.3, -0.25) is 0 Å². The Morgan fingerprint density at radius 3 is 2.27 bits per heavy atom. The fourth-order valence-corrected chi connectivity index (χ4v) is 4.25. The summed E-state index contributed by atoms with van der Waals surface area (Å²) >= 11 is 19.8. The molecule has 0 atom stereocenters. The van der Waals surface area contributed by atoms with Crippen molar-refractivity contribution in [2.24, 2.45) is 0 Å². The molecule has 0 unspecified atom stereocenters. The SMILES string of the molecule is CC(C)(C)c1nc(Nc2ccc(Cl)c(Cl)c2)sc1Cc1ccc(Cl)cc1. The highest BCUT2D eigenvalue weighted by molar-refractivity contribution is 7.15. The molecular weight excluding hydrogens is 407 g/mol. The molecule has 6 heteroatoms. The third-order valence-corrected chi connectivity index (χ3v) is 5.82. The molecule has 2 nitrogen and oxygen atoms in total. The first-order valence-corrected chi connectivity index (χ1v) is 10.1. The zero-order valence-electron chi connectivity index (χ0n) is 14.7. The van der Waals surface area contributed by atoms with Crippen molar-refractivity contribution in [3.63, 3.8) is 0 Å². The first-order chi connectivity index (χ1) is 12.2. The average Bonchev–Trinajstić information content (AvgIpc) is 2.96. The van der Waals surface area contributed by atoms with Crippen molar-refractivity contribution in [2.45, 2.75) is 32.6 Å². The molecule has 0 fully saturated rings. The van der Waals surface area contributed by atoms with Crippen molar-refractivity contribution >= 4 is 57.0 Å². The first kappa shape index (κ1) is 19.5. The normalized spacial score (nSPS) is 11.6. The summed E-state index contributed by atoms with van der Waals surface area (Å²) in [5.41, 5.74) is 3.13. The van der Waals surface area contributed by atoms with Gasteiger partial charge >= 0.3 is 0 Å². The van der Waals surface area contributed by atoms with Crippen LogP contribution in [0.5, 0.6) is 0 Å². The third kappa shape index (κ3) is 4.72. The molecule has 3 aromatic rings. The van der Waals surface area contributed by atoms with Crippen LogP contribution in [-0.2, 0) is 11.8 Å². The summed E-state index contributed by atoms with van der Waals surface area (Å²) in [4.78, 5) is 6.09. The highest BCUT2D eigenvalue weighted by Gasteiger charge is 2.23. The van der Waals surface area contributed by atoms with Gasteiger partial charge in [-0.2, -0.15) is 0 Å². The number of thiazole rings is 1. The lowest BCUT2D eigenvalue weighted by Crippen LogP contribution is -2.14. The Hall–Kier alpha value is -1.26. The van der Waals surface area contributed by atoms with Crippen LogP contribution in [0.25, 0.3) is 0 Å². The van der Waals surface area contributed by atoms with Crippen LogP contribution >= 0.6 is 46.1 Å². The molecule has 0 saturated carbocycles. The van der Waals surface area contributed by atoms with Gasteiger partial charge in [0, 0.05) is 27.4 Å². The van der Waals surface area contributed by atoms with Gasteiger partial charge in [-0.25, -0.2) is 4.98 Å². The van der Waals surface area contributed by atoms with Crippen molar-refractivity contribution in [1.29, 1.82) is 0 Å². The largest absolute Gasteiger partial charge is 0.331 e. The number of nitrogens with one attached hydrogen (secondary N) is 1. The summed E-state index contributed by atoms with van der Waals surface area (Å²) in [7, 11) is 0. The predicted molar refractivity (Wildman–Crippen MR) is 115 cm³/mol. The maximum atomic E-state index is 6.11. The van der Waals surface area contributed by atoms with Crippen LogP contribution < -0.4 is 5.32 Å². The van der Waals surface area contributed by atoms with Crippen LogP contribution in [0, 0.1) is 0 Å². The van der Waals surface area contributed by atoms with E-state index in [-0.39, 0.29) is 5.41 Å². The van der Waals surface area contributed by atoms with E-state index in [0.29, 0.717) is 10.0 Å². The molecule has 0 saturated heterocycles. The third-order valence-electron chi connectivity index (χ3n) is 3.86. The van der Waals surface area contributed by atoms with Crippen LogP contribution in [0.2, 0.25) is 15.1 Å². The zero-order valence-corrected chi connectivity index (χ0v) is 17.8. The maximum absolute atomic E-state index is 6.11. The second-order valence-corrected chi connectivity index (χ2v) is 9.43. The molecule has 1 aromatic heterocycles. The van der Waals surface area contributed by atoms with Crippen molar-refractivity contribution < 1.29 is 0 Å². The second-order valence-electron chi connectivity index (χ2n) is 7.10. The summed E-state index contributed by atoms with van der Waals surface area (Å²) in [6.07, 6.45) is 0.824. The van der Waals surface area contributed by atoms with E-state index in [1.165, 1.54) is 10.4 Å². The monoisotopic (exact) mass is 424 g/mol.